The summed E-state index contributed by atoms with van der Waals surface area (Å²) in [7, 11) is 0. The number of fused-ring (bicyclic) bond motifs is 1. The average molecular weight is 502 g/mol. The zero-order valence-corrected chi connectivity index (χ0v) is 20.2. The van der Waals surface area contributed by atoms with Crippen LogP contribution in [0.5, 0.6) is 0 Å². The Morgan fingerprint density at radius 2 is 1.74 bits per heavy atom. The second-order valence-corrected chi connectivity index (χ2v) is 8.40. The van der Waals surface area contributed by atoms with Crippen LogP contribution in [0, 0.1) is 16.4 Å². The van der Waals surface area contributed by atoms with Gasteiger partial charge in [0.15, 0.2) is 10.4 Å². The highest BCUT2D eigenvalue weighted by Gasteiger charge is 2.18. The molecule has 2 aromatic heterocycles. The highest BCUT2D eigenvalue weighted by atomic mass is 32.1. The van der Waals surface area contributed by atoms with E-state index < -0.39 is 17.7 Å². The quantitative estimate of drug-likeness (QED) is 0.416. The van der Waals surface area contributed by atoms with Gasteiger partial charge in [-0.05, 0) is 42.5 Å². The van der Waals surface area contributed by atoms with Gasteiger partial charge < -0.3 is 20.4 Å². The van der Waals surface area contributed by atoms with Crippen LogP contribution in [0.25, 0.3) is 5.65 Å². The van der Waals surface area contributed by atoms with Gasteiger partial charge >= 0.3 is 0 Å². The number of hydrogen-bond donors (Lipinski definition) is 2. The number of aromatic nitrogens is 3. The highest BCUT2D eigenvalue weighted by molar-refractivity contribution is 7.71. The van der Waals surface area contributed by atoms with E-state index in [-0.39, 0.29) is 5.48 Å². The van der Waals surface area contributed by atoms with Crippen molar-refractivity contribution in [2.75, 3.05) is 37.6 Å². The molecular weight excluding hydrogens is 472 g/mol. The van der Waals surface area contributed by atoms with Crippen molar-refractivity contribution in [2.24, 2.45) is 0 Å². The Morgan fingerprint density at radius 3 is 2.40 bits per heavy atom. The molecule has 1 aliphatic heterocycles. The Bertz CT molecular complexity index is 1290. The Hall–Kier alpha value is -3.18. The van der Waals surface area contributed by atoms with E-state index in [1.807, 2.05) is 53.6 Å². The molecule has 5 rings (SSSR count). The molecule has 4 aromatic rings. The number of halogens is 2. The second kappa shape index (κ2) is 12.0. The zero-order chi connectivity index (χ0) is 24.1. The van der Waals surface area contributed by atoms with Gasteiger partial charge in [0.2, 0.25) is 0 Å². The number of anilines is 1. The monoisotopic (exact) mass is 501 g/mol. The van der Waals surface area contributed by atoms with Crippen LogP contribution in [0.15, 0.2) is 66.9 Å². The number of aliphatic hydroxyl groups is 1. The molecule has 4 N–H and O–H groups in total. The van der Waals surface area contributed by atoms with Gasteiger partial charge in [-0.25, -0.2) is 8.78 Å². The number of benzene rings is 2. The number of piperazine rings is 1. The Kier molecular flexibility index (Phi) is 9.05. The molecule has 35 heavy (non-hydrogen) atoms. The maximum atomic E-state index is 13.5. The number of H-pyrrole nitrogens is 1. The van der Waals surface area contributed by atoms with E-state index in [0.717, 1.165) is 49.9 Å². The van der Waals surface area contributed by atoms with Gasteiger partial charge in [0, 0.05) is 44.0 Å². The normalized spacial score (nSPS) is 14.7. The number of hydrogen-bond acceptors (Lipinski definition) is 5. The average Bonchev–Trinajstić information content (AvgIpc) is 3.25. The number of pyridine rings is 1. The van der Waals surface area contributed by atoms with Crippen LogP contribution < -0.4 is 4.90 Å². The molecule has 0 aliphatic carbocycles. The van der Waals surface area contributed by atoms with Gasteiger partial charge in [-0.15, -0.1) is 0 Å². The number of nitrogens with zero attached hydrogens (tertiary/aromatic N) is 4. The first-order chi connectivity index (χ1) is 16.5. The predicted molar refractivity (Wildman–Crippen MR) is 135 cm³/mol. The van der Waals surface area contributed by atoms with Crippen molar-refractivity contribution in [3.8, 4) is 0 Å². The first-order valence-electron chi connectivity index (χ1n) is 11.2. The van der Waals surface area contributed by atoms with Gasteiger partial charge in [0.1, 0.15) is 17.7 Å². The lowest BCUT2D eigenvalue weighted by Gasteiger charge is -2.35. The van der Waals surface area contributed by atoms with Gasteiger partial charge in [0.25, 0.3) is 0 Å². The van der Waals surface area contributed by atoms with Gasteiger partial charge in [0.05, 0.1) is 5.69 Å². The molecular formula is C25H29F2N5O2S. The molecule has 10 heteroatoms. The first-order valence-corrected chi connectivity index (χ1v) is 11.6. The van der Waals surface area contributed by atoms with E-state index in [9.17, 15) is 13.9 Å². The van der Waals surface area contributed by atoms with Crippen molar-refractivity contribution in [2.45, 2.75) is 13.0 Å². The molecule has 1 aliphatic rings. The van der Waals surface area contributed by atoms with E-state index in [2.05, 4.69) is 22.0 Å². The molecule has 1 saturated heterocycles. The topological polar surface area (TPSA) is 91.3 Å². The van der Waals surface area contributed by atoms with Crippen LogP contribution in [0.2, 0.25) is 0 Å². The first kappa shape index (κ1) is 26.4. The van der Waals surface area contributed by atoms with Crippen LogP contribution in [0.1, 0.15) is 24.2 Å². The Balaban J connectivity index is 0.000000192. The third kappa shape index (κ3) is 6.09. The van der Waals surface area contributed by atoms with Crippen molar-refractivity contribution >= 4 is 23.6 Å². The molecule has 3 heterocycles. The molecule has 186 valence electrons. The number of nitrogens with one attached hydrogen (secondary N) is 1. The lowest BCUT2D eigenvalue weighted by molar-refractivity contribution is 0.221. The van der Waals surface area contributed by atoms with E-state index in [1.165, 1.54) is 12.1 Å². The molecule has 2 aromatic carbocycles. The summed E-state index contributed by atoms with van der Waals surface area (Å²) >= 11 is 5.11. The summed E-state index contributed by atoms with van der Waals surface area (Å²) in [5.41, 5.74) is 2.73. The van der Waals surface area contributed by atoms with Crippen molar-refractivity contribution in [1.82, 2.24) is 19.5 Å². The Morgan fingerprint density at radius 1 is 1.03 bits per heavy atom. The van der Waals surface area contributed by atoms with Crippen molar-refractivity contribution in [3.63, 3.8) is 0 Å². The predicted octanol–water partition coefficient (Wildman–Crippen LogP) is 3.76. The minimum Gasteiger partial charge on any atom is -0.412 e. The van der Waals surface area contributed by atoms with Crippen LogP contribution >= 0.6 is 12.2 Å². The van der Waals surface area contributed by atoms with E-state index in [0.29, 0.717) is 16.1 Å². The molecule has 0 bridgehead atoms. The molecule has 0 spiro atoms. The summed E-state index contributed by atoms with van der Waals surface area (Å²) in [6.07, 6.45) is 1.11. The van der Waals surface area contributed by atoms with Crippen molar-refractivity contribution < 1.29 is 19.4 Å². The maximum absolute atomic E-state index is 13.5. The Labute approximate surface area is 207 Å². The molecule has 1 fully saturated rings. The summed E-state index contributed by atoms with van der Waals surface area (Å²) in [5, 5.41) is 17.3. The summed E-state index contributed by atoms with van der Waals surface area (Å²) in [6, 6.07) is 17.0. The summed E-state index contributed by atoms with van der Waals surface area (Å²) in [4.78, 5) is 4.29. The fraction of sp³-hybridized carbons (Fsp3) is 0.280. The fourth-order valence-electron chi connectivity index (χ4n) is 4.02. The SMILES string of the molecule is CCN1CCN(c2ccc(F)cc2F)CC1.O.OC(c1ccccc1)c1cccn2c(=S)[nH]nc12. The van der Waals surface area contributed by atoms with Crippen LogP contribution in [0.4, 0.5) is 14.5 Å². The molecule has 7 nitrogen and oxygen atoms in total. The van der Waals surface area contributed by atoms with Gasteiger partial charge in [-0.1, -0.05) is 43.3 Å². The van der Waals surface area contributed by atoms with Crippen molar-refractivity contribution in [1.29, 1.82) is 0 Å². The second-order valence-electron chi connectivity index (χ2n) is 8.02. The van der Waals surface area contributed by atoms with Crippen molar-refractivity contribution in [3.05, 3.63) is 94.4 Å². The minimum absolute atomic E-state index is 0. The molecule has 0 radical (unpaired) electrons. The van der Waals surface area contributed by atoms with Gasteiger partial charge in [-0.2, -0.15) is 5.10 Å². The number of aliphatic hydroxyl groups excluding tert-OH is 1. The smallest absolute Gasteiger partial charge is 0.199 e. The number of aromatic amines is 1. The highest BCUT2D eigenvalue weighted by Crippen LogP contribution is 2.24. The summed E-state index contributed by atoms with van der Waals surface area (Å²) in [5.74, 6) is -0.988. The van der Waals surface area contributed by atoms with Crippen LogP contribution in [-0.4, -0.2) is 62.8 Å². The van der Waals surface area contributed by atoms with Gasteiger partial charge in [-0.3, -0.25) is 9.50 Å². The summed E-state index contributed by atoms with van der Waals surface area (Å²) < 4.78 is 28.6. The molecule has 0 amide bonds. The van der Waals surface area contributed by atoms with E-state index >= 15 is 0 Å². The third-order valence-corrected chi connectivity index (χ3v) is 6.24. The maximum Gasteiger partial charge on any atom is 0.199 e. The van der Waals surface area contributed by atoms with Crippen LogP contribution in [-0.2, 0) is 0 Å². The third-order valence-electron chi connectivity index (χ3n) is 5.95. The summed E-state index contributed by atoms with van der Waals surface area (Å²) in [6.45, 7) is 6.63. The van der Waals surface area contributed by atoms with Crippen LogP contribution in [0.3, 0.4) is 0 Å². The lowest BCUT2D eigenvalue weighted by Crippen LogP contribution is -2.46. The zero-order valence-electron chi connectivity index (χ0n) is 19.4. The molecule has 1 unspecified atom stereocenters. The lowest BCUT2D eigenvalue weighted by atomic mass is 10.0. The largest absolute Gasteiger partial charge is 0.412 e. The fourth-order valence-corrected chi connectivity index (χ4v) is 4.22. The number of rotatable bonds is 4. The standard InChI is InChI=1S/C13H11N3OS.C12H16F2N2.H2O/c17-11(9-5-2-1-3-6-9)10-7-4-8-16-12(10)14-15-13(16)18;1-2-15-5-7-16(8-6-15)12-4-3-10(13)9-11(12)14;/h1-8,11,17H,(H,15,18);3-4,9H,2,5-8H2,1H3;1H2. The minimum atomic E-state index is -0.708. The van der Waals surface area contributed by atoms with E-state index in [4.69, 9.17) is 12.2 Å². The molecule has 0 saturated carbocycles. The van der Waals surface area contributed by atoms with E-state index in [1.54, 1.807) is 4.40 Å². The number of likely N-dealkylation sites (N-methyl/N-ethyl adjacent to an activating group) is 1. The molecule has 1 atom stereocenters.